The standard InChI is InChI=1S/C12H24N2/c1-3-12(11-9-10(11)2)14-7-4-5-13-6-8-14/h10-13H,3-9H2,1-2H3. The van der Waals surface area contributed by atoms with E-state index in [0.717, 1.165) is 17.9 Å². The lowest BCUT2D eigenvalue weighted by atomic mass is 10.1. The average molecular weight is 196 g/mol. The van der Waals surface area contributed by atoms with Gasteiger partial charge in [-0.1, -0.05) is 13.8 Å². The van der Waals surface area contributed by atoms with E-state index < -0.39 is 0 Å². The van der Waals surface area contributed by atoms with Crippen LogP contribution in [0.25, 0.3) is 0 Å². The summed E-state index contributed by atoms with van der Waals surface area (Å²) in [6.07, 6.45) is 4.15. The molecule has 14 heavy (non-hydrogen) atoms. The molecule has 2 rings (SSSR count). The van der Waals surface area contributed by atoms with Gasteiger partial charge in [0.2, 0.25) is 0 Å². The molecule has 0 aromatic carbocycles. The van der Waals surface area contributed by atoms with Crippen LogP contribution in [0.15, 0.2) is 0 Å². The minimum absolute atomic E-state index is 0.880. The highest BCUT2D eigenvalue weighted by atomic mass is 15.2. The van der Waals surface area contributed by atoms with Gasteiger partial charge in [-0.3, -0.25) is 4.90 Å². The molecule has 0 amide bonds. The van der Waals surface area contributed by atoms with Crippen molar-refractivity contribution in [2.45, 2.75) is 39.2 Å². The summed E-state index contributed by atoms with van der Waals surface area (Å²) in [4.78, 5) is 2.73. The number of hydrogen-bond donors (Lipinski definition) is 1. The molecule has 3 unspecified atom stereocenters. The van der Waals surface area contributed by atoms with Gasteiger partial charge in [-0.15, -0.1) is 0 Å². The predicted molar refractivity (Wildman–Crippen MR) is 60.4 cm³/mol. The van der Waals surface area contributed by atoms with Crippen LogP contribution in [-0.2, 0) is 0 Å². The second-order valence-electron chi connectivity index (χ2n) is 4.99. The summed E-state index contributed by atoms with van der Waals surface area (Å²) in [7, 11) is 0. The van der Waals surface area contributed by atoms with Crippen LogP contribution >= 0.6 is 0 Å². The van der Waals surface area contributed by atoms with Crippen molar-refractivity contribution in [1.82, 2.24) is 10.2 Å². The Morgan fingerprint density at radius 2 is 2.14 bits per heavy atom. The minimum atomic E-state index is 0.880. The maximum absolute atomic E-state index is 3.49. The monoisotopic (exact) mass is 196 g/mol. The lowest BCUT2D eigenvalue weighted by Gasteiger charge is -2.30. The van der Waals surface area contributed by atoms with Crippen LogP contribution < -0.4 is 5.32 Å². The summed E-state index contributed by atoms with van der Waals surface area (Å²) in [5.41, 5.74) is 0. The quantitative estimate of drug-likeness (QED) is 0.739. The first-order valence-corrected chi connectivity index (χ1v) is 6.27. The summed E-state index contributed by atoms with van der Waals surface area (Å²) >= 11 is 0. The molecule has 82 valence electrons. The predicted octanol–water partition coefficient (Wildman–Crippen LogP) is 1.72. The van der Waals surface area contributed by atoms with Crippen molar-refractivity contribution in [1.29, 1.82) is 0 Å². The zero-order chi connectivity index (χ0) is 9.97. The van der Waals surface area contributed by atoms with E-state index in [1.807, 2.05) is 0 Å². The molecule has 0 spiro atoms. The molecule has 2 aliphatic rings. The fourth-order valence-electron chi connectivity index (χ4n) is 2.92. The Hall–Kier alpha value is -0.0800. The Balaban J connectivity index is 1.89. The van der Waals surface area contributed by atoms with Gasteiger partial charge in [0.15, 0.2) is 0 Å². The fraction of sp³-hybridized carbons (Fsp3) is 1.00. The summed E-state index contributed by atoms with van der Waals surface area (Å²) < 4.78 is 0. The Bertz CT molecular complexity index is 173. The van der Waals surface area contributed by atoms with Gasteiger partial charge in [0.1, 0.15) is 0 Å². The van der Waals surface area contributed by atoms with Crippen molar-refractivity contribution in [2.75, 3.05) is 26.2 Å². The SMILES string of the molecule is CCC(C1CC1C)N1CCCNCC1. The molecule has 0 aromatic rings. The molecule has 3 atom stereocenters. The van der Waals surface area contributed by atoms with Crippen LogP contribution in [0.2, 0.25) is 0 Å². The third-order valence-corrected chi connectivity index (χ3v) is 3.93. The van der Waals surface area contributed by atoms with Gasteiger partial charge in [0.05, 0.1) is 0 Å². The molecular formula is C12H24N2. The van der Waals surface area contributed by atoms with E-state index >= 15 is 0 Å². The Labute approximate surface area is 88.1 Å². The van der Waals surface area contributed by atoms with Gasteiger partial charge in [-0.25, -0.2) is 0 Å². The first-order valence-electron chi connectivity index (χ1n) is 6.27. The molecule has 2 fully saturated rings. The lowest BCUT2D eigenvalue weighted by Crippen LogP contribution is -2.39. The molecule has 0 aromatic heterocycles. The Kier molecular flexibility index (Phi) is 3.45. The van der Waals surface area contributed by atoms with Crippen molar-refractivity contribution in [3.05, 3.63) is 0 Å². The van der Waals surface area contributed by atoms with Gasteiger partial charge in [0.25, 0.3) is 0 Å². The summed E-state index contributed by atoms with van der Waals surface area (Å²) in [6, 6.07) is 0.880. The van der Waals surface area contributed by atoms with Gasteiger partial charge in [0, 0.05) is 19.1 Å². The van der Waals surface area contributed by atoms with Gasteiger partial charge < -0.3 is 5.32 Å². The van der Waals surface area contributed by atoms with E-state index in [4.69, 9.17) is 0 Å². The average Bonchev–Trinajstić information content (AvgIpc) is 2.93. The maximum atomic E-state index is 3.49. The molecule has 1 heterocycles. The van der Waals surface area contributed by atoms with Crippen molar-refractivity contribution in [3.8, 4) is 0 Å². The van der Waals surface area contributed by atoms with Crippen LogP contribution in [0.4, 0.5) is 0 Å². The van der Waals surface area contributed by atoms with E-state index in [1.165, 1.54) is 45.4 Å². The van der Waals surface area contributed by atoms with Gasteiger partial charge >= 0.3 is 0 Å². The second kappa shape index (κ2) is 4.63. The van der Waals surface area contributed by atoms with Crippen molar-refractivity contribution >= 4 is 0 Å². The van der Waals surface area contributed by atoms with Crippen molar-refractivity contribution < 1.29 is 0 Å². The summed E-state index contributed by atoms with van der Waals surface area (Å²) in [5.74, 6) is 2.01. The molecule has 1 aliphatic heterocycles. The number of hydrogen-bond acceptors (Lipinski definition) is 2. The molecule has 1 saturated carbocycles. The highest BCUT2D eigenvalue weighted by molar-refractivity contribution is 4.93. The molecule has 1 N–H and O–H groups in total. The third kappa shape index (κ3) is 2.29. The highest BCUT2D eigenvalue weighted by Gasteiger charge is 2.40. The Morgan fingerprint density at radius 1 is 1.36 bits per heavy atom. The topological polar surface area (TPSA) is 15.3 Å². The normalized spacial score (nSPS) is 36.4. The van der Waals surface area contributed by atoms with Crippen LogP contribution in [-0.4, -0.2) is 37.1 Å². The molecule has 0 radical (unpaired) electrons. The Morgan fingerprint density at radius 3 is 2.79 bits per heavy atom. The highest BCUT2D eigenvalue weighted by Crippen LogP contribution is 2.43. The maximum Gasteiger partial charge on any atom is 0.0124 e. The van der Waals surface area contributed by atoms with Gasteiger partial charge in [-0.05, 0) is 44.2 Å². The lowest BCUT2D eigenvalue weighted by molar-refractivity contribution is 0.178. The molecule has 2 nitrogen and oxygen atoms in total. The molecule has 2 heteroatoms. The zero-order valence-electron chi connectivity index (χ0n) is 9.63. The van der Waals surface area contributed by atoms with Crippen LogP contribution in [0.5, 0.6) is 0 Å². The molecule has 1 aliphatic carbocycles. The van der Waals surface area contributed by atoms with Crippen LogP contribution in [0.1, 0.15) is 33.1 Å². The minimum Gasteiger partial charge on any atom is -0.315 e. The molecular weight excluding hydrogens is 172 g/mol. The summed E-state index contributed by atoms with van der Waals surface area (Å²) in [5, 5.41) is 3.49. The first-order chi connectivity index (χ1) is 6.83. The first kappa shape index (κ1) is 10.4. The third-order valence-electron chi connectivity index (χ3n) is 3.93. The summed E-state index contributed by atoms with van der Waals surface area (Å²) in [6.45, 7) is 9.75. The van der Waals surface area contributed by atoms with Crippen LogP contribution in [0, 0.1) is 11.8 Å². The van der Waals surface area contributed by atoms with Crippen molar-refractivity contribution in [3.63, 3.8) is 0 Å². The fourth-order valence-corrected chi connectivity index (χ4v) is 2.92. The number of rotatable bonds is 3. The largest absolute Gasteiger partial charge is 0.315 e. The van der Waals surface area contributed by atoms with E-state index in [0.29, 0.717) is 0 Å². The number of nitrogens with one attached hydrogen (secondary N) is 1. The van der Waals surface area contributed by atoms with E-state index in [1.54, 1.807) is 0 Å². The van der Waals surface area contributed by atoms with E-state index in [2.05, 4.69) is 24.1 Å². The smallest absolute Gasteiger partial charge is 0.0124 e. The van der Waals surface area contributed by atoms with E-state index in [9.17, 15) is 0 Å². The molecule has 1 saturated heterocycles. The molecule has 0 bridgehead atoms. The number of nitrogens with zero attached hydrogens (tertiary/aromatic N) is 1. The second-order valence-corrected chi connectivity index (χ2v) is 4.99. The van der Waals surface area contributed by atoms with Gasteiger partial charge in [-0.2, -0.15) is 0 Å². The van der Waals surface area contributed by atoms with Crippen molar-refractivity contribution in [2.24, 2.45) is 11.8 Å². The van der Waals surface area contributed by atoms with Crippen LogP contribution in [0.3, 0.4) is 0 Å². The van der Waals surface area contributed by atoms with E-state index in [-0.39, 0.29) is 0 Å². The zero-order valence-corrected chi connectivity index (χ0v) is 9.63.